The van der Waals surface area contributed by atoms with Crippen LogP contribution in [0.3, 0.4) is 0 Å². The van der Waals surface area contributed by atoms with Gasteiger partial charge in [0.05, 0.1) is 31.8 Å². The second-order valence-corrected chi connectivity index (χ2v) is 10.7. The molecule has 0 N–H and O–H groups in total. The molecule has 1 spiro atoms. The molecule has 4 nitrogen and oxygen atoms in total. The van der Waals surface area contributed by atoms with E-state index in [4.69, 9.17) is 18.9 Å². The van der Waals surface area contributed by atoms with Crippen molar-refractivity contribution in [1.29, 1.82) is 0 Å². The maximum Gasteiger partial charge on any atom is 0.161 e. The van der Waals surface area contributed by atoms with Crippen molar-refractivity contribution in [3.8, 4) is 0 Å². The van der Waals surface area contributed by atoms with E-state index in [1.54, 1.807) is 0 Å². The van der Waals surface area contributed by atoms with Crippen molar-refractivity contribution in [1.82, 2.24) is 0 Å². The first kappa shape index (κ1) is 21.5. The Balaban J connectivity index is 1.33. The SMILES string of the molecule is CC1=C[C@@H](C)[C@H](C2OCC3(CO2)COC([C@H]2[C@@H](C)C=C(C)C[C@@H]2C)OC3)[C@H](C)C1. The summed E-state index contributed by atoms with van der Waals surface area (Å²) in [5, 5.41) is 0. The van der Waals surface area contributed by atoms with E-state index < -0.39 is 0 Å². The van der Waals surface area contributed by atoms with Crippen molar-refractivity contribution >= 4 is 0 Å². The minimum absolute atomic E-state index is 0.112. The Labute approximate surface area is 177 Å². The zero-order valence-electron chi connectivity index (χ0n) is 19.1. The molecule has 6 atom stereocenters. The summed E-state index contributed by atoms with van der Waals surface area (Å²) in [5.74, 6) is 3.01. The molecule has 2 heterocycles. The van der Waals surface area contributed by atoms with Gasteiger partial charge in [-0.05, 0) is 50.4 Å². The lowest BCUT2D eigenvalue weighted by molar-refractivity contribution is -0.327. The molecule has 2 aliphatic heterocycles. The van der Waals surface area contributed by atoms with Crippen LogP contribution in [0.5, 0.6) is 0 Å². The number of hydrogen-bond acceptors (Lipinski definition) is 4. The minimum Gasteiger partial charge on any atom is -0.351 e. The Hall–Kier alpha value is -0.680. The average molecular weight is 405 g/mol. The van der Waals surface area contributed by atoms with Gasteiger partial charge in [0.25, 0.3) is 0 Å². The van der Waals surface area contributed by atoms with Crippen LogP contribution in [0.4, 0.5) is 0 Å². The second kappa shape index (κ2) is 8.45. The third-order valence-electron chi connectivity index (χ3n) is 7.75. The molecule has 0 aromatic carbocycles. The zero-order chi connectivity index (χ0) is 20.8. The van der Waals surface area contributed by atoms with Crippen molar-refractivity contribution in [2.24, 2.45) is 40.9 Å². The fraction of sp³-hybridized carbons (Fsp3) is 0.840. The smallest absolute Gasteiger partial charge is 0.161 e. The molecule has 2 saturated heterocycles. The molecule has 0 radical (unpaired) electrons. The lowest BCUT2D eigenvalue weighted by Gasteiger charge is -2.49. The maximum absolute atomic E-state index is 6.30. The van der Waals surface area contributed by atoms with Gasteiger partial charge in [0.1, 0.15) is 0 Å². The third-order valence-corrected chi connectivity index (χ3v) is 7.75. The highest BCUT2D eigenvalue weighted by atomic mass is 16.7. The highest BCUT2D eigenvalue weighted by molar-refractivity contribution is 5.10. The minimum atomic E-state index is -0.160. The molecule has 0 amide bonds. The van der Waals surface area contributed by atoms with E-state index in [-0.39, 0.29) is 18.0 Å². The fourth-order valence-electron chi connectivity index (χ4n) is 6.44. The third kappa shape index (κ3) is 4.37. The predicted molar refractivity (Wildman–Crippen MR) is 114 cm³/mol. The van der Waals surface area contributed by atoms with Gasteiger partial charge in [0.15, 0.2) is 12.6 Å². The molecule has 29 heavy (non-hydrogen) atoms. The molecular weight excluding hydrogens is 364 g/mol. The second-order valence-electron chi connectivity index (χ2n) is 10.7. The Morgan fingerprint density at radius 2 is 1.00 bits per heavy atom. The number of ether oxygens (including phenoxy) is 4. The summed E-state index contributed by atoms with van der Waals surface area (Å²) in [6.45, 7) is 16.4. The molecule has 4 rings (SSSR count). The molecule has 0 saturated carbocycles. The summed E-state index contributed by atoms with van der Waals surface area (Å²) in [6.07, 6.45) is 6.84. The number of rotatable bonds is 2. The summed E-state index contributed by atoms with van der Waals surface area (Å²) in [4.78, 5) is 0. The molecule has 0 unspecified atom stereocenters. The van der Waals surface area contributed by atoms with Gasteiger partial charge in [-0.25, -0.2) is 0 Å². The monoisotopic (exact) mass is 404 g/mol. The van der Waals surface area contributed by atoms with Gasteiger partial charge in [-0.3, -0.25) is 0 Å². The van der Waals surface area contributed by atoms with Crippen molar-refractivity contribution in [3.05, 3.63) is 23.3 Å². The van der Waals surface area contributed by atoms with Crippen molar-refractivity contribution in [3.63, 3.8) is 0 Å². The molecule has 0 aromatic heterocycles. The molecule has 2 aliphatic carbocycles. The van der Waals surface area contributed by atoms with Crippen LogP contribution in [0.25, 0.3) is 0 Å². The quantitative estimate of drug-likeness (QED) is 0.593. The summed E-state index contributed by atoms with van der Waals surface area (Å²) in [5.41, 5.74) is 2.82. The topological polar surface area (TPSA) is 36.9 Å². The highest BCUT2D eigenvalue weighted by Crippen LogP contribution is 2.43. The molecule has 4 heteroatoms. The molecule has 164 valence electrons. The van der Waals surface area contributed by atoms with Gasteiger partial charge in [-0.15, -0.1) is 0 Å². The van der Waals surface area contributed by atoms with Gasteiger partial charge in [0.2, 0.25) is 0 Å². The van der Waals surface area contributed by atoms with Crippen molar-refractivity contribution < 1.29 is 18.9 Å². The zero-order valence-corrected chi connectivity index (χ0v) is 19.1. The van der Waals surface area contributed by atoms with Crippen molar-refractivity contribution in [2.45, 2.75) is 67.0 Å². The van der Waals surface area contributed by atoms with E-state index >= 15 is 0 Å². The first-order valence-corrected chi connectivity index (χ1v) is 11.6. The van der Waals surface area contributed by atoms with E-state index in [1.165, 1.54) is 11.1 Å². The van der Waals surface area contributed by atoms with Crippen LogP contribution in [-0.4, -0.2) is 39.0 Å². The van der Waals surface area contributed by atoms with Crippen LogP contribution >= 0.6 is 0 Å². The van der Waals surface area contributed by atoms with Crippen LogP contribution in [-0.2, 0) is 18.9 Å². The Morgan fingerprint density at radius 1 is 0.655 bits per heavy atom. The van der Waals surface area contributed by atoms with Gasteiger partial charge in [-0.2, -0.15) is 0 Å². The largest absolute Gasteiger partial charge is 0.351 e. The van der Waals surface area contributed by atoms with Crippen LogP contribution < -0.4 is 0 Å². The molecular formula is C25H40O4. The molecule has 0 bridgehead atoms. The Bertz CT molecular complexity index is 578. The molecule has 0 aromatic rings. The number of allylic oxidation sites excluding steroid dienone is 4. The van der Waals surface area contributed by atoms with E-state index in [0.29, 0.717) is 61.9 Å². The van der Waals surface area contributed by atoms with E-state index in [0.717, 1.165) is 12.8 Å². The highest BCUT2D eigenvalue weighted by Gasteiger charge is 2.47. The standard InChI is InChI=1S/C25H40O4/c1-15-7-17(3)21(18(4)8-15)23-26-11-25(12-27-23)13-28-24(29-14-25)22-19(5)9-16(2)10-20(22)6/h7,9,17-24H,8,10-14H2,1-6H3/t17-,18-,19+,20+,21-,22-,23?,24?,25?/m0/s1. The van der Waals surface area contributed by atoms with Gasteiger partial charge >= 0.3 is 0 Å². The van der Waals surface area contributed by atoms with E-state index in [1.807, 2.05) is 0 Å². The van der Waals surface area contributed by atoms with Crippen LogP contribution in [0.2, 0.25) is 0 Å². The summed E-state index contributed by atoms with van der Waals surface area (Å²) < 4.78 is 25.2. The first-order chi connectivity index (χ1) is 13.8. The summed E-state index contributed by atoms with van der Waals surface area (Å²) in [6, 6.07) is 0. The normalized spacial score (nSPS) is 48.9. The lowest BCUT2D eigenvalue weighted by atomic mass is 9.74. The first-order valence-electron chi connectivity index (χ1n) is 11.6. The van der Waals surface area contributed by atoms with Crippen molar-refractivity contribution in [2.75, 3.05) is 26.4 Å². The Kier molecular flexibility index (Phi) is 6.28. The Morgan fingerprint density at radius 3 is 1.31 bits per heavy atom. The molecule has 4 aliphatic rings. The van der Waals surface area contributed by atoms with Gasteiger partial charge in [-0.1, -0.05) is 51.0 Å². The van der Waals surface area contributed by atoms with Crippen LogP contribution in [0.1, 0.15) is 54.4 Å². The van der Waals surface area contributed by atoms with Gasteiger partial charge < -0.3 is 18.9 Å². The average Bonchev–Trinajstić information content (AvgIpc) is 2.63. The van der Waals surface area contributed by atoms with Crippen LogP contribution in [0.15, 0.2) is 23.3 Å². The fourth-order valence-corrected chi connectivity index (χ4v) is 6.44. The lowest BCUT2D eigenvalue weighted by Crippen LogP contribution is -2.56. The van der Waals surface area contributed by atoms with Crippen LogP contribution in [0, 0.1) is 40.9 Å². The molecule has 2 fully saturated rings. The summed E-state index contributed by atoms with van der Waals surface area (Å²) in [7, 11) is 0. The van der Waals surface area contributed by atoms with Gasteiger partial charge in [0, 0.05) is 11.8 Å². The van der Waals surface area contributed by atoms with E-state index in [2.05, 4.69) is 53.7 Å². The number of hydrogen-bond donors (Lipinski definition) is 0. The van der Waals surface area contributed by atoms with E-state index in [9.17, 15) is 0 Å². The maximum atomic E-state index is 6.30. The summed E-state index contributed by atoms with van der Waals surface area (Å²) >= 11 is 0. The predicted octanol–water partition coefficient (Wildman–Crippen LogP) is 5.20.